The SMILES string of the molecule is COc1cc2c(Oc3ccc4c(c3)CC(C)N4)ncnc2cc1OCCN1CCN(CC(C)=O)CC1. The van der Waals surface area contributed by atoms with Gasteiger partial charge in [0.25, 0.3) is 0 Å². The fraction of sp³-hybridized carbons (Fsp3) is 0.444. The van der Waals surface area contributed by atoms with Crippen molar-refractivity contribution < 1.29 is 19.0 Å². The summed E-state index contributed by atoms with van der Waals surface area (Å²) < 4.78 is 17.9. The molecule has 1 fully saturated rings. The van der Waals surface area contributed by atoms with Gasteiger partial charge in [0, 0.05) is 50.5 Å². The van der Waals surface area contributed by atoms with Crippen LogP contribution < -0.4 is 19.5 Å². The van der Waals surface area contributed by atoms with Gasteiger partial charge in [0.1, 0.15) is 24.5 Å². The summed E-state index contributed by atoms with van der Waals surface area (Å²) in [6.45, 7) is 9.34. The zero-order chi connectivity index (χ0) is 25.1. The van der Waals surface area contributed by atoms with Gasteiger partial charge in [-0.2, -0.15) is 0 Å². The quantitative estimate of drug-likeness (QED) is 0.484. The van der Waals surface area contributed by atoms with Gasteiger partial charge in [-0.25, -0.2) is 9.97 Å². The van der Waals surface area contributed by atoms with Crippen LogP contribution >= 0.6 is 0 Å². The predicted octanol–water partition coefficient (Wildman–Crippen LogP) is 3.37. The topological polar surface area (TPSA) is 89.0 Å². The minimum Gasteiger partial charge on any atom is -0.493 e. The number of piperazine rings is 1. The Morgan fingerprint density at radius 1 is 1.08 bits per heavy atom. The summed E-state index contributed by atoms with van der Waals surface area (Å²) >= 11 is 0. The molecule has 190 valence electrons. The number of ether oxygens (including phenoxy) is 3. The Kier molecular flexibility index (Phi) is 7.20. The van der Waals surface area contributed by atoms with Crippen LogP contribution in [0.3, 0.4) is 0 Å². The first-order valence-electron chi connectivity index (χ1n) is 12.5. The van der Waals surface area contributed by atoms with Crippen LogP contribution in [0.2, 0.25) is 0 Å². The molecule has 0 spiro atoms. The summed E-state index contributed by atoms with van der Waals surface area (Å²) in [5, 5.41) is 4.22. The largest absolute Gasteiger partial charge is 0.493 e. The zero-order valence-corrected chi connectivity index (χ0v) is 21.1. The number of anilines is 1. The molecule has 5 rings (SSSR count). The third-order valence-electron chi connectivity index (χ3n) is 6.68. The number of rotatable bonds is 9. The van der Waals surface area contributed by atoms with Crippen LogP contribution in [0.15, 0.2) is 36.7 Å². The predicted molar refractivity (Wildman–Crippen MR) is 138 cm³/mol. The molecule has 1 saturated heterocycles. The average Bonchev–Trinajstić information content (AvgIpc) is 3.24. The van der Waals surface area contributed by atoms with Crippen molar-refractivity contribution in [3.05, 3.63) is 42.2 Å². The highest BCUT2D eigenvalue weighted by atomic mass is 16.5. The number of methoxy groups -OCH3 is 1. The van der Waals surface area contributed by atoms with Gasteiger partial charge in [-0.1, -0.05) is 0 Å². The maximum atomic E-state index is 11.3. The van der Waals surface area contributed by atoms with E-state index in [0.717, 1.165) is 61.5 Å². The number of hydrogen-bond acceptors (Lipinski definition) is 9. The van der Waals surface area contributed by atoms with Gasteiger partial charge in [0.05, 0.1) is 24.6 Å². The Morgan fingerprint density at radius 2 is 1.89 bits per heavy atom. The van der Waals surface area contributed by atoms with Crippen LogP contribution in [0.1, 0.15) is 19.4 Å². The van der Waals surface area contributed by atoms with Crippen molar-refractivity contribution >= 4 is 22.4 Å². The lowest BCUT2D eigenvalue weighted by Crippen LogP contribution is -2.48. The highest BCUT2D eigenvalue weighted by molar-refractivity contribution is 5.87. The van der Waals surface area contributed by atoms with Crippen LogP contribution in [-0.4, -0.2) is 84.6 Å². The van der Waals surface area contributed by atoms with Crippen molar-refractivity contribution in [3.8, 4) is 23.1 Å². The molecule has 3 aromatic rings. The molecule has 0 amide bonds. The monoisotopic (exact) mass is 491 g/mol. The van der Waals surface area contributed by atoms with Crippen molar-refractivity contribution in [1.82, 2.24) is 19.8 Å². The first kappa shape index (κ1) is 24.3. The fourth-order valence-corrected chi connectivity index (χ4v) is 4.87. The first-order valence-corrected chi connectivity index (χ1v) is 12.5. The molecule has 0 bridgehead atoms. The molecule has 9 nitrogen and oxygen atoms in total. The lowest BCUT2D eigenvalue weighted by atomic mass is 10.1. The summed E-state index contributed by atoms with van der Waals surface area (Å²) in [5.41, 5.74) is 3.13. The smallest absolute Gasteiger partial charge is 0.230 e. The van der Waals surface area contributed by atoms with Crippen LogP contribution in [0, 0.1) is 0 Å². The summed E-state index contributed by atoms with van der Waals surface area (Å²) in [4.78, 5) is 24.7. The molecule has 0 aliphatic carbocycles. The number of nitrogens with zero attached hydrogens (tertiary/aromatic N) is 4. The van der Waals surface area contributed by atoms with E-state index in [1.807, 2.05) is 24.3 Å². The molecule has 0 radical (unpaired) electrons. The van der Waals surface area contributed by atoms with Crippen LogP contribution in [0.25, 0.3) is 10.9 Å². The van der Waals surface area contributed by atoms with Crippen LogP contribution in [0.4, 0.5) is 5.69 Å². The number of nitrogens with one attached hydrogen (secondary N) is 1. The Balaban J connectivity index is 1.25. The van der Waals surface area contributed by atoms with Crippen molar-refractivity contribution in [2.24, 2.45) is 0 Å². The molecule has 3 heterocycles. The van der Waals surface area contributed by atoms with Gasteiger partial charge in [-0.15, -0.1) is 0 Å². The molecule has 1 aromatic heterocycles. The minimum atomic E-state index is 0.215. The van der Waals surface area contributed by atoms with Crippen molar-refractivity contribution in [1.29, 1.82) is 0 Å². The van der Waals surface area contributed by atoms with E-state index < -0.39 is 0 Å². The maximum absolute atomic E-state index is 11.3. The Labute approximate surface area is 211 Å². The van der Waals surface area contributed by atoms with E-state index in [2.05, 4.69) is 38.1 Å². The highest BCUT2D eigenvalue weighted by Crippen LogP contribution is 2.37. The number of ketones is 1. The van der Waals surface area contributed by atoms with Crippen molar-refractivity contribution in [2.75, 3.05) is 58.3 Å². The van der Waals surface area contributed by atoms with E-state index in [-0.39, 0.29) is 5.78 Å². The molecule has 2 aliphatic heterocycles. The molecular formula is C27H33N5O4. The van der Waals surface area contributed by atoms with E-state index >= 15 is 0 Å². The molecule has 2 aromatic carbocycles. The minimum absolute atomic E-state index is 0.215. The van der Waals surface area contributed by atoms with Gasteiger partial charge < -0.3 is 19.5 Å². The van der Waals surface area contributed by atoms with Gasteiger partial charge in [0.15, 0.2) is 11.5 Å². The Hall–Kier alpha value is -3.43. The van der Waals surface area contributed by atoms with Crippen LogP contribution in [-0.2, 0) is 11.2 Å². The van der Waals surface area contributed by atoms with Gasteiger partial charge in [-0.3, -0.25) is 14.6 Å². The van der Waals surface area contributed by atoms with Crippen molar-refractivity contribution in [2.45, 2.75) is 26.3 Å². The number of hydrogen-bond donors (Lipinski definition) is 1. The van der Waals surface area contributed by atoms with E-state index in [4.69, 9.17) is 14.2 Å². The van der Waals surface area contributed by atoms with Crippen molar-refractivity contribution in [3.63, 3.8) is 0 Å². The number of Topliss-reactive ketones (excluding diaryl/α,β-unsaturated/α-hetero) is 1. The van der Waals surface area contributed by atoms with Gasteiger partial charge in [-0.05, 0) is 50.1 Å². The Morgan fingerprint density at radius 3 is 2.67 bits per heavy atom. The lowest BCUT2D eigenvalue weighted by molar-refractivity contribution is -0.118. The third-order valence-corrected chi connectivity index (χ3v) is 6.68. The lowest BCUT2D eigenvalue weighted by Gasteiger charge is -2.34. The molecular weight excluding hydrogens is 458 g/mol. The second-order valence-electron chi connectivity index (χ2n) is 9.54. The standard InChI is InChI=1S/C27H33N5O4/c1-18-12-20-13-21(4-5-23(20)30-18)36-27-22-14-25(34-3)26(15-24(22)28-17-29-27)35-11-10-31-6-8-32(9-7-31)16-19(2)33/h4-5,13-15,17-18,30H,6-12,16H2,1-3H3. The molecule has 1 N–H and O–H groups in total. The fourth-order valence-electron chi connectivity index (χ4n) is 4.87. The number of carbonyl (C=O) groups is 1. The summed E-state index contributed by atoms with van der Waals surface area (Å²) in [7, 11) is 1.63. The average molecular weight is 492 g/mol. The van der Waals surface area contributed by atoms with E-state index in [0.29, 0.717) is 36.6 Å². The van der Waals surface area contributed by atoms with Crippen LogP contribution in [0.5, 0.6) is 23.1 Å². The normalized spacial score (nSPS) is 18.0. The summed E-state index contributed by atoms with van der Waals surface area (Å²) in [5.74, 6) is 2.69. The summed E-state index contributed by atoms with van der Waals surface area (Å²) in [6, 6.07) is 10.2. The van der Waals surface area contributed by atoms with E-state index in [1.54, 1.807) is 14.0 Å². The molecule has 1 atom stereocenters. The Bertz CT molecular complexity index is 1240. The zero-order valence-electron chi connectivity index (χ0n) is 21.1. The summed E-state index contributed by atoms with van der Waals surface area (Å²) in [6.07, 6.45) is 2.48. The van der Waals surface area contributed by atoms with Gasteiger partial charge in [0.2, 0.25) is 5.88 Å². The molecule has 36 heavy (non-hydrogen) atoms. The number of fused-ring (bicyclic) bond motifs is 2. The molecule has 1 unspecified atom stereocenters. The van der Waals surface area contributed by atoms with Gasteiger partial charge >= 0.3 is 0 Å². The number of benzene rings is 2. The van der Waals surface area contributed by atoms with E-state index in [9.17, 15) is 4.79 Å². The first-order chi connectivity index (χ1) is 17.5. The maximum Gasteiger partial charge on any atom is 0.230 e. The number of carbonyl (C=O) groups excluding carboxylic acids is 1. The second-order valence-corrected chi connectivity index (χ2v) is 9.54. The molecule has 0 saturated carbocycles. The highest BCUT2D eigenvalue weighted by Gasteiger charge is 2.20. The molecule has 2 aliphatic rings. The van der Waals surface area contributed by atoms with E-state index in [1.165, 1.54) is 11.9 Å². The third kappa shape index (κ3) is 5.52. The molecule has 9 heteroatoms. The second kappa shape index (κ2) is 10.7. The number of aromatic nitrogens is 2.